The summed E-state index contributed by atoms with van der Waals surface area (Å²) in [5, 5.41) is 1.20. The molecule has 6 heteroatoms. The van der Waals surface area contributed by atoms with Gasteiger partial charge in [-0.25, -0.2) is 4.98 Å². The average molecular weight is 247 g/mol. The van der Waals surface area contributed by atoms with Gasteiger partial charge in [0.2, 0.25) is 0 Å². The highest BCUT2D eigenvalue weighted by Crippen LogP contribution is 2.27. The van der Waals surface area contributed by atoms with E-state index < -0.39 is 0 Å². The molecule has 1 aromatic heterocycles. The lowest BCUT2D eigenvalue weighted by Gasteiger charge is -2.29. The average Bonchev–Trinajstić information content (AvgIpc) is 2.61. The molecule has 0 aromatic carbocycles. The minimum atomic E-state index is 0.330. The lowest BCUT2D eigenvalue weighted by molar-refractivity contribution is -0.880. The maximum atomic E-state index is 10.6. The SMILES string of the molecule is C[NH+]1CCN(c2nc(Cl)c(C=O)s2)CC1. The number of hydrogen-bond donors (Lipinski definition) is 1. The number of anilines is 1. The standard InChI is InChI=1S/C9H12ClN3OS/c1-12-2-4-13(5-3-12)9-11-8(10)7(6-14)15-9/h6H,2-5H2,1H3/p+1. The molecule has 1 saturated heterocycles. The molecule has 0 aliphatic carbocycles. The topological polar surface area (TPSA) is 37.6 Å². The van der Waals surface area contributed by atoms with E-state index >= 15 is 0 Å². The summed E-state index contributed by atoms with van der Waals surface area (Å²) in [7, 11) is 2.18. The minimum absolute atomic E-state index is 0.330. The Balaban J connectivity index is 2.12. The predicted molar refractivity (Wildman–Crippen MR) is 61.3 cm³/mol. The molecule has 15 heavy (non-hydrogen) atoms. The van der Waals surface area contributed by atoms with Gasteiger partial charge in [0.15, 0.2) is 16.6 Å². The fourth-order valence-corrected chi connectivity index (χ4v) is 2.70. The number of nitrogens with one attached hydrogen (secondary N) is 1. The normalized spacial score (nSPS) is 18.1. The summed E-state index contributed by atoms with van der Waals surface area (Å²) in [4.78, 5) is 19.1. The number of aromatic nitrogens is 1. The third-order valence-electron chi connectivity index (χ3n) is 2.59. The number of rotatable bonds is 2. The van der Waals surface area contributed by atoms with Gasteiger partial charge in [-0.05, 0) is 0 Å². The van der Waals surface area contributed by atoms with Gasteiger partial charge in [-0.3, -0.25) is 4.79 Å². The summed E-state index contributed by atoms with van der Waals surface area (Å²) in [5.74, 6) is 0. The number of quaternary nitrogens is 1. The maximum absolute atomic E-state index is 10.6. The quantitative estimate of drug-likeness (QED) is 0.744. The zero-order valence-corrected chi connectivity index (χ0v) is 10.1. The maximum Gasteiger partial charge on any atom is 0.187 e. The van der Waals surface area contributed by atoms with Crippen LogP contribution in [0.15, 0.2) is 0 Å². The predicted octanol–water partition coefficient (Wildman–Crippen LogP) is -0.0563. The highest BCUT2D eigenvalue weighted by atomic mass is 35.5. The van der Waals surface area contributed by atoms with Crippen molar-refractivity contribution in [1.82, 2.24) is 4.98 Å². The number of nitrogens with zero attached hydrogens (tertiary/aromatic N) is 2. The molecule has 1 aromatic rings. The summed E-state index contributed by atoms with van der Waals surface area (Å²) in [6.07, 6.45) is 0.769. The van der Waals surface area contributed by atoms with E-state index in [9.17, 15) is 4.79 Å². The Morgan fingerprint density at radius 1 is 1.53 bits per heavy atom. The van der Waals surface area contributed by atoms with Crippen LogP contribution in [0, 0.1) is 0 Å². The first-order chi connectivity index (χ1) is 7.20. The first kappa shape index (κ1) is 10.9. The van der Waals surface area contributed by atoms with Crippen molar-refractivity contribution in [3.05, 3.63) is 10.0 Å². The van der Waals surface area contributed by atoms with Crippen molar-refractivity contribution >= 4 is 34.4 Å². The molecule has 4 nitrogen and oxygen atoms in total. The Morgan fingerprint density at radius 2 is 2.20 bits per heavy atom. The highest BCUT2D eigenvalue weighted by molar-refractivity contribution is 7.17. The molecule has 1 aliphatic rings. The van der Waals surface area contributed by atoms with Gasteiger partial charge >= 0.3 is 0 Å². The molecule has 0 amide bonds. The van der Waals surface area contributed by atoms with Crippen LogP contribution in [0.1, 0.15) is 9.67 Å². The van der Waals surface area contributed by atoms with Crippen LogP contribution in [-0.4, -0.2) is 44.5 Å². The molecule has 0 spiro atoms. The van der Waals surface area contributed by atoms with E-state index in [-0.39, 0.29) is 0 Å². The fourth-order valence-electron chi connectivity index (χ4n) is 1.59. The Labute approximate surface area is 97.5 Å². The van der Waals surface area contributed by atoms with Gasteiger partial charge in [0.05, 0.1) is 33.2 Å². The number of halogens is 1. The summed E-state index contributed by atoms with van der Waals surface area (Å²) < 4.78 is 0. The molecular weight excluding hydrogens is 234 g/mol. The molecule has 0 atom stereocenters. The number of thiazole rings is 1. The Morgan fingerprint density at radius 3 is 2.73 bits per heavy atom. The summed E-state index contributed by atoms with van der Waals surface area (Å²) in [6, 6.07) is 0. The van der Waals surface area contributed by atoms with E-state index in [1.807, 2.05) is 0 Å². The van der Waals surface area contributed by atoms with E-state index in [4.69, 9.17) is 11.6 Å². The van der Waals surface area contributed by atoms with Crippen molar-refractivity contribution < 1.29 is 9.69 Å². The van der Waals surface area contributed by atoms with Crippen molar-refractivity contribution in [1.29, 1.82) is 0 Å². The molecule has 0 bridgehead atoms. The molecule has 0 radical (unpaired) electrons. The molecule has 0 unspecified atom stereocenters. The number of aldehydes is 1. The van der Waals surface area contributed by atoms with E-state index in [1.165, 1.54) is 16.2 Å². The lowest BCUT2D eigenvalue weighted by Crippen LogP contribution is -3.12. The van der Waals surface area contributed by atoms with Gasteiger partial charge in [0.1, 0.15) is 4.88 Å². The summed E-state index contributed by atoms with van der Waals surface area (Å²) in [5.41, 5.74) is 0. The van der Waals surface area contributed by atoms with Crippen LogP contribution in [0.4, 0.5) is 5.13 Å². The van der Waals surface area contributed by atoms with Crippen molar-refractivity contribution in [3.63, 3.8) is 0 Å². The third-order valence-corrected chi connectivity index (χ3v) is 4.03. The zero-order valence-electron chi connectivity index (χ0n) is 8.49. The molecule has 1 N–H and O–H groups in total. The largest absolute Gasteiger partial charge is 0.337 e. The highest BCUT2D eigenvalue weighted by Gasteiger charge is 2.20. The van der Waals surface area contributed by atoms with Crippen LogP contribution < -0.4 is 9.80 Å². The molecule has 2 rings (SSSR count). The zero-order chi connectivity index (χ0) is 10.8. The van der Waals surface area contributed by atoms with Gasteiger partial charge in [0.25, 0.3) is 0 Å². The third kappa shape index (κ3) is 2.30. The summed E-state index contributed by atoms with van der Waals surface area (Å²) in [6.45, 7) is 4.17. The van der Waals surface area contributed by atoms with Crippen LogP contribution in [0.5, 0.6) is 0 Å². The number of piperazine rings is 1. The fraction of sp³-hybridized carbons (Fsp3) is 0.556. The van der Waals surface area contributed by atoms with Gasteiger partial charge in [-0.1, -0.05) is 22.9 Å². The van der Waals surface area contributed by atoms with Crippen molar-refractivity contribution in [2.24, 2.45) is 0 Å². The van der Waals surface area contributed by atoms with Gasteiger partial charge in [-0.15, -0.1) is 0 Å². The van der Waals surface area contributed by atoms with E-state index in [0.717, 1.165) is 37.6 Å². The minimum Gasteiger partial charge on any atom is -0.337 e. The second-order valence-electron chi connectivity index (χ2n) is 3.71. The van der Waals surface area contributed by atoms with Crippen LogP contribution in [0.3, 0.4) is 0 Å². The van der Waals surface area contributed by atoms with Gasteiger partial charge < -0.3 is 9.80 Å². The second kappa shape index (κ2) is 4.47. The number of likely N-dealkylation sites (N-methyl/N-ethyl adjacent to an activating group) is 1. The molecule has 1 fully saturated rings. The molecular formula is C9H13ClN3OS+. The Hall–Kier alpha value is -0.650. The first-order valence-electron chi connectivity index (χ1n) is 4.88. The smallest absolute Gasteiger partial charge is 0.187 e. The van der Waals surface area contributed by atoms with Crippen LogP contribution in [-0.2, 0) is 0 Å². The van der Waals surface area contributed by atoms with Crippen molar-refractivity contribution in [2.45, 2.75) is 0 Å². The molecule has 1 aliphatic heterocycles. The lowest BCUT2D eigenvalue weighted by atomic mass is 10.3. The van der Waals surface area contributed by atoms with E-state index in [1.54, 1.807) is 0 Å². The van der Waals surface area contributed by atoms with E-state index in [0.29, 0.717) is 10.0 Å². The van der Waals surface area contributed by atoms with Crippen LogP contribution in [0.2, 0.25) is 5.15 Å². The molecule has 2 heterocycles. The molecule has 82 valence electrons. The first-order valence-corrected chi connectivity index (χ1v) is 6.08. The van der Waals surface area contributed by atoms with Crippen LogP contribution in [0.25, 0.3) is 0 Å². The Kier molecular flexibility index (Phi) is 3.23. The van der Waals surface area contributed by atoms with Gasteiger partial charge in [-0.2, -0.15) is 0 Å². The Bertz CT molecular complexity index is 360. The monoisotopic (exact) mass is 246 g/mol. The summed E-state index contributed by atoms with van der Waals surface area (Å²) >= 11 is 7.20. The molecule has 0 saturated carbocycles. The second-order valence-corrected chi connectivity index (χ2v) is 5.08. The van der Waals surface area contributed by atoms with Crippen molar-refractivity contribution in [2.75, 3.05) is 38.1 Å². The van der Waals surface area contributed by atoms with Crippen LogP contribution >= 0.6 is 22.9 Å². The van der Waals surface area contributed by atoms with Crippen molar-refractivity contribution in [3.8, 4) is 0 Å². The number of carbonyl (C=O) groups is 1. The van der Waals surface area contributed by atoms with E-state index in [2.05, 4.69) is 16.9 Å². The number of hydrogen-bond acceptors (Lipinski definition) is 4. The number of carbonyl (C=O) groups excluding carboxylic acids is 1. The van der Waals surface area contributed by atoms with Gasteiger partial charge in [0, 0.05) is 0 Å².